The minimum absolute atomic E-state index is 0. The van der Waals surface area contributed by atoms with E-state index in [1.54, 1.807) is 32.6 Å². The van der Waals surface area contributed by atoms with Gasteiger partial charge in [-0.2, -0.15) is 44.8 Å². The Balaban J connectivity index is 0.000000755. The first-order chi connectivity index (χ1) is 11.1. The van der Waals surface area contributed by atoms with Crippen LogP contribution in [0.5, 0.6) is 0 Å². The third-order valence-corrected chi connectivity index (χ3v) is 9.34. The Morgan fingerprint density at radius 1 is 0.760 bits per heavy atom. The predicted octanol–water partition coefficient (Wildman–Crippen LogP) is 0.315. The quantitative estimate of drug-likeness (QED) is 0.513. The average Bonchev–Trinajstić information content (AvgIpc) is 3.21. The van der Waals surface area contributed by atoms with Gasteiger partial charge in [0.2, 0.25) is 0 Å². The fraction of sp³-hybridized carbons (Fsp3) is 0.524. The summed E-state index contributed by atoms with van der Waals surface area (Å²) in [5.41, 5.74) is 6.64. The molecule has 0 atom stereocenters. The average molecular weight is 453 g/mol. The van der Waals surface area contributed by atoms with Gasteiger partial charge in [-0.15, -0.1) is 0 Å². The fourth-order valence-corrected chi connectivity index (χ4v) is 6.76. The molecule has 0 saturated carbocycles. The Morgan fingerprint density at radius 2 is 1.12 bits per heavy atom. The maximum atomic E-state index is 7.00. The summed E-state index contributed by atoms with van der Waals surface area (Å²) in [5.74, 6) is 0. The minimum atomic E-state index is -1.49. The van der Waals surface area contributed by atoms with Crippen molar-refractivity contribution in [3.05, 3.63) is 46.5 Å². The van der Waals surface area contributed by atoms with Crippen LogP contribution in [0.2, 0.25) is 13.1 Å². The molecule has 0 unspecified atom stereocenters. The van der Waals surface area contributed by atoms with E-state index >= 15 is 0 Å². The van der Waals surface area contributed by atoms with Crippen molar-refractivity contribution in [1.82, 2.24) is 0 Å². The minimum Gasteiger partial charge on any atom is -1.00 e. The number of aryl methyl sites for hydroxylation is 4. The molecular formula is C21H30ClOSiZr. The van der Waals surface area contributed by atoms with Crippen LogP contribution in [-0.2, 0) is 51.9 Å². The van der Waals surface area contributed by atoms with Gasteiger partial charge in [0.25, 0.3) is 0 Å². The second kappa shape index (κ2) is 9.83. The topological polar surface area (TPSA) is 20.2 Å². The van der Waals surface area contributed by atoms with Crippen molar-refractivity contribution in [1.29, 1.82) is 0 Å². The van der Waals surface area contributed by atoms with Gasteiger partial charge in [0.1, 0.15) is 0 Å². The molecule has 4 rings (SSSR count). The normalized spacial score (nSPS) is 15.7. The summed E-state index contributed by atoms with van der Waals surface area (Å²) in [4.78, 5) is 0. The summed E-state index contributed by atoms with van der Waals surface area (Å²) >= 11 is 0. The van der Waals surface area contributed by atoms with E-state index in [2.05, 4.69) is 37.4 Å². The predicted molar refractivity (Wildman–Crippen MR) is 102 cm³/mol. The molecule has 2 aromatic carbocycles. The van der Waals surface area contributed by atoms with Crippen molar-refractivity contribution in [3.8, 4) is 0 Å². The first-order valence-corrected chi connectivity index (χ1v) is 12.2. The fourth-order valence-electron chi connectivity index (χ4n) is 4.29. The van der Waals surface area contributed by atoms with Gasteiger partial charge >= 0.3 is 26.2 Å². The first-order valence-electron chi connectivity index (χ1n) is 9.17. The molecule has 1 nitrogen and oxygen atoms in total. The summed E-state index contributed by atoms with van der Waals surface area (Å²) < 4.78 is 0. The standard InChI is InChI=1S/C20H26Si.CH4O.ClH.Zr/c1-21(2,19-11-15-7-3-4-8-16(15)12-19)20-13-17-9-5-6-10-18(17)14-20;1-2;;/h11-14H,3-10H2,1-2H3;2H,1H3;1H;/q-2;;;+3/p-1. The number of fused-ring (bicyclic) bond motifs is 2. The zero-order chi connectivity index (χ0) is 16.4. The van der Waals surface area contributed by atoms with Crippen molar-refractivity contribution in [3.63, 3.8) is 0 Å². The van der Waals surface area contributed by atoms with Crippen LogP contribution < -0.4 is 22.8 Å². The maximum absolute atomic E-state index is 7.00. The number of hydrogen-bond donors (Lipinski definition) is 1. The molecule has 0 heterocycles. The van der Waals surface area contributed by atoms with Crippen molar-refractivity contribution in [2.75, 3.05) is 7.11 Å². The van der Waals surface area contributed by atoms with Crippen LogP contribution in [0.15, 0.2) is 24.3 Å². The van der Waals surface area contributed by atoms with E-state index in [-0.39, 0.29) is 38.6 Å². The van der Waals surface area contributed by atoms with Gasteiger partial charge in [-0.25, -0.2) is 12.1 Å². The largest absolute Gasteiger partial charge is 3.00 e. The monoisotopic (exact) mass is 451 g/mol. The van der Waals surface area contributed by atoms with Gasteiger partial charge in [-0.3, -0.25) is 0 Å². The van der Waals surface area contributed by atoms with Gasteiger partial charge < -0.3 is 17.5 Å². The molecule has 0 amide bonds. The van der Waals surface area contributed by atoms with E-state index in [9.17, 15) is 0 Å². The van der Waals surface area contributed by atoms with Gasteiger partial charge in [0.15, 0.2) is 0 Å². The number of aliphatic hydroxyl groups excluding tert-OH is 1. The molecule has 2 aliphatic carbocycles. The molecule has 2 aromatic rings. The molecule has 2 aliphatic rings. The van der Waals surface area contributed by atoms with Gasteiger partial charge in [0, 0.05) is 7.11 Å². The van der Waals surface area contributed by atoms with E-state index in [1.807, 2.05) is 0 Å². The smallest absolute Gasteiger partial charge is 1.00 e. The Bertz CT molecular complexity index is 568. The van der Waals surface area contributed by atoms with Crippen LogP contribution in [0.1, 0.15) is 47.9 Å². The molecule has 0 spiro atoms. The molecule has 0 saturated heterocycles. The molecule has 25 heavy (non-hydrogen) atoms. The summed E-state index contributed by atoms with van der Waals surface area (Å²) in [6, 6.07) is 10.2. The van der Waals surface area contributed by atoms with Crippen molar-refractivity contribution in [2.45, 2.75) is 64.5 Å². The SMILES string of the molecule is CO.C[Si](C)(c1cc2c([cH-]1)CCCC2)c1cc2c([cH-]1)CCCC2.[Cl-].[Zr+3]. The van der Waals surface area contributed by atoms with Crippen LogP contribution in [0, 0.1) is 0 Å². The van der Waals surface area contributed by atoms with Crippen LogP contribution in [-0.4, -0.2) is 20.3 Å². The van der Waals surface area contributed by atoms with Crippen molar-refractivity contribution >= 4 is 18.4 Å². The molecule has 0 fully saturated rings. The van der Waals surface area contributed by atoms with Gasteiger partial charge in [-0.05, 0) is 0 Å². The third kappa shape index (κ3) is 4.67. The molecule has 0 bridgehead atoms. The maximum Gasteiger partial charge on any atom is 3.00 e. The molecule has 1 N–H and O–H groups in total. The molecule has 1 radical (unpaired) electrons. The zero-order valence-electron chi connectivity index (χ0n) is 15.8. The summed E-state index contributed by atoms with van der Waals surface area (Å²) in [5, 5.41) is 10.4. The molecule has 0 aliphatic heterocycles. The van der Waals surface area contributed by atoms with E-state index < -0.39 is 8.07 Å². The number of halogens is 1. The van der Waals surface area contributed by atoms with Gasteiger partial charge in [-0.1, -0.05) is 64.5 Å². The Labute approximate surface area is 179 Å². The second-order valence-electron chi connectivity index (χ2n) is 7.63. The molecule has 135 valence electrons. The van der Waals surface area contributed by atoms with E-state index in [4.69, 9.17) is 5.11 Å². The van der Waals surface area contributed by atoms with Crippen LogP contribution in [0.25, 0.3) is 0 Å². The Kier molecular flexibility index (Phi) is 9.08. The summed E-state index contributed by atoms with van der Waals surface area (Å²) in [6.45, 7) is 5.10. The molecule has 4 heteroatoms. The molecule has 0 aromatic heterocycles. The third-order valence-electron chi connectivity index (χ3n) is 5.87. The van der Waals surface area contributed by atoms with Crippen molar-refractivity contribution in [2.24, 2.45) is 0 Å². The Hall–Kier alpha value is 0.0500. The second-order valence-corrected chi connectivity index (χ2v) is 12.0. The number of rotatable bonds is 2. The zero-order valence-corrected chi connectivity index (χ0v) is 20.0. The van der Waals surface area contributed by atoms with Crippen molar-refractivity contribution < 1.29 is 43.7 Å². The van der Waals surface area contributed by atoms with Crippen LogP contribution >= 0.6 is 0 Å². The van der Waals surface area contributed by atoms with Crippen LogP contribution in [0.4, 0.5) is 0 Å². The van der Waals surface area contributed by atoms with E-state index in [0.717, 1.165) is 7.11 Å². The summed E-state index contributed by atoms with van der Waals surface area (Å²) in [6.07, 6.45) is 10.8. The van der Waals surface area contributed by atoms with E-state index in [0.29, 0.717) is 0 Å². The summed E-state index contributed by atoms with van der Waals surface area (Å²) in [7, 11) is -0.486. The molecular weight excluding hydrogens is 423 g/mol. The Morgan fingerprint density at radius 3 is 1.48 bits per heavy atom. The van der Waals surface area contributed by atoms with E-state index in [1.165, 1.54) is 51.4 Å². The number of aliphatic hydroxyl groups is 1. The van der Waals surface area contributed by atoms with Crippen LogP contribution in [0.3, 0.4) is 0 Å². The van der Waals surface area contributed by atoms with Gasteiger partial charge in [0.05, 0.1) is 8.07 Å². The number of hydrogen-bond acceptors (Lipinski definition) is 1. The first kappa shape index (κ1) is 23.1.